The molecule has 0 aliphatic rings. The predicted molar refractivity (Wildman–Crippen MR) is 99.2 cm³/mol. The van der Waals surface area contributed by atoms with Gasteiger partial charge in [-0.2, -0.15) is 0 Å². The Morgan fingerprint density at radius 1 is 1.30 bits per heavy atom. The first-order valence-corrected chi connectivity index (χ1v) is 8.55. The van der Waals surface area contributed by atoms with Crippen LogP contribution < -0.4 is 10.2 Å². The first kappa shape index (κ1) is 17.5. The molecule has 2 aromatic rings. The molecule has 0 atom stereocenters. The fourth-order valence-corrected chi connectivity index (χ4v) is 2.43. The van der Waals surface area contributed by atoms with Gasteiger partial charge in [-0.1, -0.05) is 29.3 Å². The molecule has 0 aliphatic carbocycles. The number of aryl methyl sites for hydroxylation is 1. The Balaban J connectivity index is 2.03. The summed E-state index contributed by atoms with van der Waals surface area (Å²) in [6, 6.07) is 9.41. The van der Waals surface area contributed by atoms with Crippen LogP contribution in [0.3, 0.4) is 0 Å². The number of nitrogens with one attached hydrogen (secondary N) is 1. The molecule has 0 saturated carbocycles. The van der Waals surface area contributed by atoms with E-state index in [2.05, 4.69) is 38.1 Å². The van der Waals surface area contributed by atoms with Gasteiger partial charge in [-0.25, -0.2) is 4.98 Å². The maximum absolute atomic E-state index is 12.3. The van der Waals surface area contributed by atoms with Crippen LogP contribution in [0, 0.1) is 6.92 Å². The number of halogens is 1. The van der Waals surface area contributed by atoms with Gasteiger partial charge in [-0.3, -0.25) is 4.79 Å². The van der Waals surface area contributed by atoms with E-state index in [9.17, 15) is 4.79 Å². The minimum atomic E-state index is -0.200. The number of pyridine rings is 1. The molecule has 0 fully saturated rings. The van der Waals surface area contributed by atoms with E-state index in [-0.39, 0.29) is 5.91 Å². The number of amides is 1. The average molecular weight is 376 g/mol. The monoisotopic (exact) mass is 375 g/mol. The Bertz CT molecular complexity index is 670. The van der Waals surface area contributed by atoms with Gasteiger partial charge in [0.2, 0.25) is 0 Å². The van der Waals surface area contributed by atoms with E-state index < -0.39 is 0 Å². The summed E-state index contributed by atoms with van der Waals surface area (Å²) in [5.41, 5.74) is 3.28. The first-order chi connectivity index (χ1) is 11.0. The molecule has 23 heavy (non-hydrogen) atoms. The van der Waals surface area contributed by atoms with Crippen LogP contribution in [0.15, 0.2) is 41.0 Å². The van der Waals surface area contributed by atoms with Crippen molar-refractivity contribution in [2.24, 2.45) is 0 Å². The van der Waals surface area contributed by atoms with Crippen LogP contribution in [-0.4, -0.2) is 24.5 Å². The Kier molecular flexibility index (Phi) is 6.16. The normalized spacial score (nSPS) is 10.4. The van der Waals surface area contributed by atoms with Gasteiger partial charge < -0.3 is 10.2 Å². The number of anilines is 2. The molecule has 1 heterocycles. The van der Waals surface area contributed by atoms with Crippen LogP contribution >= 0.6 is 15.9 Å². The SMILES string of the molecule is CCCCN(C)c1ccc(C(=O)Nc2ccc(Br)c(C)c2)nc1. The Labute approximate surface area is 146 Å². The van der Waals surface area contributed by atoms with Crippen molar-refractivity contribution >= 4 is 33.2 Å². The van der Waals surface area contributed by atoms with E-state index in [0.717, 1.165) is 40.8 Å². The third-order valence-corrected chi connectivity index (χ3v) is 4.57. The largest absolute Gasteiger partial charge is 0.373 e. The van der Waals surface area contributed by atoms with Crippen LogP contribution in [0.4, 0.5) is 11.4 Å². The number of carbonyl (C=O) groups excluding carboxylic acids is 1. The molecule has 1 amide bonds. The quantitative estimate of drug-likeness (QED) is 0.799. The van der Waals surface area contributed by atoms with E-state index >= 15 is 0 Å². The van der Waals surface area contributed by atoms with E-state index in [1.165, 1.54) is 0 Å². The number of hydrogen-bond acceptors (Lipinski definition) is 3. The number of rotatable bonds is 6. The highest BCUT2D eigenvalue weighted by Gasteiger charge is 2.09. The zero-order valence-electron chi connectivity index (χ0n) is 13.8. The number of unbranched alkanes of at least 4 members (excludes halogenated alkanes) is 1. The summed E-state index contributed by atoms with van der Waals surface area (Å²) < 4.78 is 1.02. The third kappa shape index (κ3) is 4.79. The summed E-state index contributed by atoms with van der Waals surface area (Å²) in [6.07, 6.45) is 4.05. The zero-order valence-corrected chi connectivity index (χ0v) is 15.4. The Morgan fingerprint density at radius 2 is 2.09 bits per heavy atom. The number of hydrogen-bond donors (Lipinski definition) is 1. The summed E-state index contributed by atoms with van der Waals surface area (Å²) in [6.45, 7) is 5.14. The van der Waals surface area contributed by atoms with Gasteiger partial charge in [0.15, 0.2) is 0 Å². The molecule has 5 heteroatoms. The molecule has 2 rings (SSSR count). The van der Waals surface area contributed by atoms with Crippen molar-refractivity contribution in [3.05, 3.63) is 52.3 Å². The van der Waals surface area contributed by atoms with Crippen molar-refractivity contribution in [2.45, 2.75) is 26.7 Å². The van der Waals surface area contributed by atoms with E-state index in [1.54, 1.807) is 12.3 Å². The summed E-state index contributed by atoms with van der Waals surface area (Å²) >= 11 is 3.45. The Hall–Kier alpha value is -1.88. The Morgan fingerprint density at radius 3 is 2.70 bits per heavy atom. The molecule has 0 unspecified atom stereocenters. The summed E-state index contributed by atoms with van der Waals surface area (Å²) in [5.74, 6) is -0.200. The minimum absolute atomic E-state index is 0.200. The topological polar surface area (TPSA) is 45.2 Å². The van der Waals surface area contributed by atoms with Crippen LogP contribution in [0.5, 0.6) is 0 Å². The molecule has 0 spiro atoms. The van der Waals surface area contributed by atoms with Gasteiger partial charge >= 0.3 is 0 Å². The second-order valence-electron chi connectivity index (χ2n) is 5.59. The molecule has 1 N–H and O–H groups in total. The molecular weight excluding hydrogens is 354 g/mol. The van der Waals surface area contributed by atoms with E-state index in [4.69, 9.17) is 0 Å². The van der Waals surface area contributed by atoms with Crippen molar-refractivity contribution in [2.75, 3.05) is 23.8 Å². The lowest BCUT2D eigenvalue weighted by atomic mass is 10.2. The maximum Gasteiger partial charge on any atom is 0.274 e. The standard InChI is InChI=1S/C18H22BrN3O/c1-4-5-10-22(3)15-7-9-17(20-12-15)18(23)21-14-6-8-16(19)13(2)11-14/h6-9,11-12H,4-5,10H2,1-3H3,(H,21,23). The highest BCUT2D eigenvalue weighted by Crippen LogP contribution is 2.20. The lowest BCUT2D eigenvalue weighted by Crippen LogP contribution is -2.19. The molecular formula is C18H22BrN3O. The highest BCUT2D eigenvalue weighted by molar-refractivity contribution is 9.10. The zero-order chi connectivity index (χ0) is 16.8. The summed E-state index contributed by atoms with van der Waals surface area (Å²) in [4.78, 5) is 18.7. The first-order valence-electron chi connectivity index (χ1n) is 7.76. The van der Waals surface area contributed by atoms with Crippen LogP contribution in [0.2, 0.25) is 0 Å². The molecule has 1 aromatic heterocycles. The fourth-order valence-electron chi connectivity index (χ4n) is 2.19. The highest BCUT2D eigenvalue weighted by atomic mass is 79.9. The van der Waals surface area contributed by atoms with Gasteiger partial charge in [0, 0.05) is 23.8 Å². The lowest BCUT2D eigenvalue weighted by Gasteiger charge is -2.18. The van der Waals surface area contributed by atoms with Gasteiger partial charge in [-0.05, 0) is 49.2 Å². The van der Waals surface area contributed by atoms with Gasteiger partial charge in [0.1, 0.15) is 5.69 Å². The van der Waals surface area contributed by atoms with Gasteiger partial charge in [-0.15, -0.1) is 0 Å². The van der Waals surface area contributed by atoms with Crippen molar-refractivity contribution in [1.82, 2.24) is 4.98 Å². The van der Waals surface area contributed by atoms with Gasteiger partial charge in [0.25, 0.3) is 5.91 Å². The molecule has 4 nitrogen and oxygen atoms in total. The molecule has 122 valence electrons. The molecule has 0 aliphatic heterocycles. The smallest absolute Gasteiger partial charge is 0.274 e. The van der Waals surface area contributed by atoms with Crippen molar-refractivity contribution < 1.29 is 4.79 Å². The van der Waals surface area contributed by atoms with Crippen LogP contribution in [-0.2, 0) is 0 Å². The second kappa shape index (κ2) is 8.11. The van der Waals surface area contributed by atoms with Crippen molar-refractivity contribution in [3.63, 3.8) is 0 Å². The number of aromatic nitrogens is 1. The third-order valence-electron chi connectivity index (χ3n) is 3.68. The van der Waals surface area contributed by atoms with Crippen molar-refractivity contribution in [3.8, 4) is 0 Å². The average Bonchev–Trinajstić information content (AvgIpc) is 2.56. The molecule has 1 aromatic carbocycles. The summed E-state index contributed by atoms with van der Waals surface area (Å²) in [7, 11) is 2.04. The van der Waals surface area contributed by atoms with Crippen LogP contribution in [0.1, 0.15) is 35.8 Å². The van der Waals surface area contributed by atoms with Crippen LogP contribution in [0.25, 0.3) is 0 Å². The van der Waals surface area contributed by atoms with Gasteiger partial charge in [0.05, 0.1) is 11.9 Å². The summed E-state index contributed by atoms with van der Waals surface area (Å²) in [5, 5.41) is 2.87. The maximum atomic E-state index is 12.3. The van der Waals surface area contributed by atoms with E-state index in [0.29, 0.717) is 5.69 Å². The predicted octanol–water partition coefficient (Wildman–Crippen LogP) is 4.64. The lowest BCUT2D eigenvalue weighted by molar-refractivity contribution is 0.102. The number of benzene rings is 1. The minimum Gasteiger partial charge on any atom is -0.373 e. The molecule has 0 radical (unpaired) electrons. The van der Waals surface area contributed by atoms with Crippen molar-refractivity contribution in [1.29, 1.82) is 0 Å². The molecule has 0 saturated heterocycles. The number of nitrogens with zero attached hydrogens (tertiary/aromatic N) is 2. The van der Waals surface area contributed by atoms with E-state index in [1.807, 2.05) is 38.2 Å². The number of carbonyl (C=O) groups is 1. The second-order valence-corrected chi connectivity index (χ2v) is 6.45. The molecule has 0 bridgehead atoms. The fraction of sp³-hybridized carbons (Fsp3) is 0.333.